The van der Waals surface area contributed by atoms with E-state index in [-0.39, 0.29) is 18.0 Å². The smallest absolute Gasteiger partial charge is 0.291 e. The third-order valence-corrected chi connectivity index (χ3v) is 5.83. The zero-order valence-electron chi connectivity index (χ0n) is 17.2. The first-order chi connectivity index (χ1) is 14.1. The van der Waals surface area contributed by atoms with Crippen LogP contribution in [0.4, 0.5) is 0 Å². The van der Waals surface area contributed by atoms with E-state index in [0.29, 0.717) is 24.1 Å². The van der Waals surface area contributed by atoms with Gasteiger partial charge in [0.2, 0.25) is 5.91 Å². The summed E-state index contributed by atoms with van der Waals surface area (Å²) in [6.45, 7) is 8.12. The minimum absolute atomic E-state index is 0.0733. The number of piperidine rings is 1. The van der Waals surface area contributed by atoms with E-state index in [9.17, 15) is 9.59 Å². The molecule has 0 atom stereocenters. The molecule has 4 heterocycles. The van der Waals surface area contributed by atoms with Crippen molar-refractivity contribution < 1.29 is 9.21 Å². The lowest BCUT2D eigenvalue weighted by molar-refractivity contribution is -0.121. The Hall–Kier alpha value is -2.61. The van der Waals surface area contributed by atoms with Gasteiger partial charge in [0, 0.05) is 25.1 Å². The van der Waals surface area contributed by atoms with Gasteiger partial charge in [-0.15, -0.1) is 0 Å². The molecule has 1 saturated heterocycles. The van der Waals surface area contributed by atoms with E-state index >= 15 is 0 Å². The number of nitrogens with zero attached hydrogens (tertiary/aromatic N) is 4. The molecule has 0 aromatic carbocycles. The van der Waals surface area contributed by atoms with Crippen LogP contribution in [0, 0.1) is 5.92 Å². The summed E-state index contributed by atoms with van der Waals surface area (Å²) in [5.41, 5.74) is 1.67. The van der Waals surface area contributed by atoms with Crippen LogP contribution < -0.4 is 10.9 Å². The molecule has 29 heavy (non-hydrogen) atoms. The summed E-state index contributed by atoms with van der Waals surface area (Å²) in [6, 6.07) is 3.54. The highest BCUT2D eigenvalue weighted by Gasteiger charge is 2.17. The average Bonchev–Trinajstić information content (AvgIpc) is 3.30. The zero-order valence-corrected chi connectivity index (χ0v) is 17.2. The van der Waals surface area contributed by atoms with Crippen molar-refractivity contribution >= 4 is 22.5 Å². The maximum atomic E-state index is 12.8. The van der Waals surface area contributed by atoms with Crippen LogP contribution in [0.15, 0.2) is 27.6 Å². The zero-order chi connectivity index (χ0) is 20.4. The van der Waals surface area contributed by atoms with Crippen LogP contribution in [0.5, 0.6) is 0 Å². The predicted molar refractivity (Wildman–Crippen MR) is 111 cm³/mol. The molecule has 1 amide bonds. The number of hydrogen-bond donors (Lipinski definition) is 1. The molecule has 0 bridgehead atoms. The number of carbonyl (C=O) groups is 1. The monoisotopic (exact) mass is 399 g/mol. The molecule has 0 saturated carbocycles. The molecule has 8 nitrogen and oxygen atoms in total. The first-order valence-electron chi connectivity index (χ1n) is 10.5. The fraction of sp³-hybridized carbons (Fsp3) is 0.571. The number of likely N-dealkylation sites (tertiary alicyclic amines) is 1. The van der Waals surface area contributed by atoms with Gasteiger partial charge in [0.25, 0.3) is 5.56 Å². The van der Waals surface area contributed by atoms with E-state index in [0.717, 1.165) is 43.3 Å². The Morgan fingerprint density at radius 2 is 2.10 bits per heavy atom. The molecule has 4 rings (SSSR count). The number of aryl methyl sites for hydroxylation is 1. The molecule has 3 aromatic rings. The van der Waals surface area contributed by atoms with Gasteiger partial charge in [0.15, 0.2) is 5.58 Å². The Morgan fingerprint density at radius 3 is 2.86 bits per heavy atom. The molecule has 1 fully saturated rings. The van der Waals surface area contributed by atoms with Gasteiger partial charge in [-0.1, -0.05) is 13.8 Å². The van der Waals surface area contributed by atoms with Crippen molar-refractivity contribution in [2.24, 2.45) is 5.92 Å². The number of furan rings is 1. The summed E-state index contributed by atoms with van der Waals surface area (Å²) in [4.78, 5) is 27.6. The summed E-state index contributed by atoms with van der Waals surface area (Å²) in [5, 5.41) is 7.35. The molecule has 156 valence electrons. The first-order valence-corrected chi connectivity index (χ1v) is 10.5. The van der Waals surface area contributed by atoms with Gasteiger partial charge in [-0.05, 0) is 44.8 Å². The Balaban J connectivity index is 1.38. The quantitative estimate of drug-likeness (QED) is 0.615. The average molecular weight is 399 g/mol. The maximum Gasteiger partial charge on any atom is 0.291 e. The van der Waals surface area contributed by atoms with E-state index in [1.54, 1.807) is 12.3 Å². The van der Waals surface area contributed by atoms with Gasteiger partial charge in [-0.25, -0.2) is 4.68 Å². The van der Waals surface area contributed by atoms with Gasteiger partial charge < -0.3 is 14.6 Å². The minimum Gasteiger partial charge on any atom is -0.463 e. The lowest BCUT2D eigenvalue weighted by Gasteiger charge is -2.30. The second-order valence-corrected chi connectivity index (χ2v) is 8.00. The van der Waals surface area contributed by atoms with Gasteiger partial charge in [0.05, 0.1) is 11.8 Å². The predicted octanol–water partition coefficient (Wildman–Crippen LogP) is 2.04. The summed E-state index contributed by atoms with van der Waals surface area (Å²) in [7, 11) is 0. The Bertz CT molecular complexity index is 1060. The van der Waals surface area contributed by atoms with Crippen molar-refractivity contribution in [2.45, 2.75) is 46.1 Å². The normalized spacial score (nSPS) is 16.1. The van der Waals surface area contributed by atoms with Crippen molar-refractivity contribution in [1.82, 2.24) is 24.4 Å². The van der Waals surface area contributed by atoms with E-state index < -0.39 is 0 Å². The van der Waals surface area contributed by atoms with Crippen molar-refractivity contribution in [2.75, 3.05) is 26.2 Å². The number of nitrogens with one attached hydrogen (secondary N) is 1. The van der Waals surface area contributed by atoms with E-state index in [1.807, 2.05) is 17.4 Å². The van der Waals surface area contributed by atoms with Gasteiger partial charge in [-0.2, -0.15) is 5.10 Å². The highest BCUT2D eigenvalue weighted by Crippen LogP contribution is 2.20. The topological polar surface area (TPSA) is 84.8 Å². The SMILES string of the molecule is CCc1nn(CC(=O)NCCCN2CCC(C)CC2)c(=O)c2cc3occc3n12. The summed E-state index contributed by atoms with van der Waals surface area (Å²) < 4.78 is 8.49. The van der Waals surface area contributed by atoms with Crippen LogP contribution in [0.25, 0.3) is 16.6 Å². The van der Waals surface area contributed by atoms with Gasteiger partial charge in [-0.3, -0.25) is 14.0 Å². The molecule has 8 heteroatoms. The molecule has 1 aliphatic heterocycles. The Kier molecular flexibility index (Phi) is 5.71. The van der Waals surface area contributed by atoms with Crippen LogP contribution in [0.3, 0.4) is 0 Å². The van der Waals surface area contributed by atoms with Crippen molar-refractivity contribution in [3.63, 3.8) is 0 Å². The molecule has 1 N–H and O–H groups in total. The summed E-state index contributed by atoms with van der Waals surface area (Å²) in [6.07, 6.45) is 5.67. The fourth-order valence-corrected chi connectivity index (χ4v) is 4.07. The number of rotatable bonds is 7. The third kappa shape index (κ3) is 4.07. The standard InChI is InChI=1S/C21H29N5O3/c1-3-19-23-25(21(28)17-13-18-16(26(17)19)7-12-29-18)14-20(27)22-8-4-9-24-10-5-15(2)6-11-24/h7,12-13,15H,3-6,8-11,14H2,1-2H3,(H,22,27). The molecule has 0 radical (unpaired) electrons. The van der Waals surface area contributed by atoms with E-state index in [1.165, 1.54) is 17.5 Å². The molecule has 0 spiro atoms. The largest absolute Gasteiger partial charge is 0.463 e. The van der Waals surface area contributed by atoms with Crippen molar-refractivity contribution in [1.29, 1.82) is 0 Å². The number of amides is 1. The number of carbonyl (C=O) groups excluding carboxylic acids is 1. The molecular formula is C21H29N5O3. The Labute approximate surface area is 169 Å². The van der Waals surface area contributed by atoms with E-state index in [2.05, 4.69) is 22.2 Å². The Morgan fingerprint density at radius 1 is 1.31 bits per heavy atom. The van der Waals surface area contributed by atoms with Crippen molar-refractivity contribution in [3.8, 4) is 0 Å². The highest BCUT2D eigenvalue weighted by molar-refractivity contribution is 5.82. The van der Waals surface area contributed by atoms with Crippen LogP contribution in [0.2, 0.25) is 0 Å². The second kappa shape index (κ2) is 8.41. The van der Waals surface area contributed by atoms with Gasteiger partial charge >= 0.3 is 0 Å². The van der Waals surface area contributed by atoms with Crippen LogP contribution in [-0.2, 0) is 17.8 Å². The number of hydrogen-bond acceptors (Lipinski definition) is 5. The lowest BCUT2D eigenvalue weighted by Crippen LogP contribution is -2.37. The van der Waals surface area contributed by atoms with E-state index in [4.69, 9.17) is 4.42 Å². The number of aromatic nitrogens is 3. The first kappa shape index (κ1) is 19.7. The van der Waals surface area contributed by atoms with Gasteiger partial charge in [0.1, 0.15) is 17.9 Å². The maximum absolute atomic E-state index is 12.8. The summed E-state index contributed by atoms with van der Waals surface area (Å²) in [5.74, 6) is 1.36. The lowest BCUT2D eigenvalue weighted by atomic mass is 9.99. The highest BCUT2D eigenvalue weighted by atomic mass is 16.3. The van der Waals surface area contributed by atoms with Crippen LogP contribution in [0.1, 0.15) is 38.9 Å². The van der Waals surface area contributed by atoms with Crippen molar-refractivity contribution in [3.05, 3.63) is 34.6 Å². The molecule has 3 aromatic heterocycles. The fourth-order valence-electron chi connectivity index (χ4n) is 4.07. The van der Waals surface area contributed by atoms with Crippen LogP contribution >= 0.6 is 0 Å². The number of fused-ring (bicyclic) bond motifs is 3. The minimum atomic E-state index is -0.286. The van der Waals surface area contributed by atoms with Crippen LogP contribution in [-0.4, -0.2) is 51.2 Å². The second-order valence-electron chi connectivity index (χ2n) is 8.00. The summed E-state index contributed by atoms with van der Waals surface area (Å²) >= 11 is 0. The molecule has 0 aliphatic carbocycles. The third-order valence-electron chi connectivity index (χ3n) is 5.83. The molecule has 0 unspecified atom stereocenters. The molecule has 1 aliphatic rings. The molecular weight excluding hydrogens is 370 g/mol.